The molecule has 1 atom stereocenters. The largest absolute Gasteiger partial charge is 0.457 e. The molecule has 3 aliphatic rings. The van der Waals surface area contributed by atoms with Gasteiger partial charge < -0.3 is 9.64 Å². The number of ether oxygens (including phenoxy) is 1. The highest BCUT2D eigenvalue weighted by molar-refractivity contribution is 8.03. The minimum atomic E-state index is -0.507. The van der Waals surface area contributed by atoms with Crippen LogP contribution in [0.5, 0.6) is 0 Å². The van der Waals surface area contributed by atoms with E-state index < -0.39 is 5.97 Å². The topological polar surface area (TPSA) is 53.3 Å². The van der Waals surface area contributed by atoms with Crippen molar-refractivity contribution in [3.8, 4) is 6.07 Å². The van der Waals surface area contributed by atoms with Gasteiger partial charge in [-0.1, -0.05) is 63.8 Å². The van der Waals surface area contributed by atoms with E-state index in [1.54, 1.807) is 11.8 Å². The zero-order valence-corrected chi connectivity index (χ0v) is 21.9. The van der Waals surface area contributed by atoms with Crippen molar-refractivity contribution < 1.29 is 9.53 Å². The maximum atomic E-state index is 12.8. The third kappa shape index (κ3) is 6.19. The maximum Gasteiger partial charge on any atom is 0.351 e. The molecule has 2 saturated carbocycles. The van der Waals surface area contributed by atoms with Crippen LogP contribution in [0, 0.1) is 35.0 Å². The summed E-state index contributed by atoms with van der Waals surface area (Å²) in [6, 6.07) is 10.6. The van der Waals surface area contributed by atoms with Gasteiger partial charge in [-0.3, -0.25) is 0 Å². The Bertz CT molecular complexity index is 903. The fraction of sp³-hybridized carbons (Fsp3) is 0.655. The molecule has 0 aromatic heterocycles. The molecule has 1 unspecified atom stereocenters. The molecule has 0 radical (unpaired) electrons. The number of rotatable bonds is 5. The van der Waals surface area contributed by atoms with E-state index in [2.05, 4.69) is 49.1 Å². The number of carbonyl (C=O) groups is 1. The third-order valence-electron chi connectivity index (χ3n) is 8.38. The van der Waals surface area contributed by atoms with E-state index in [-0.39, 0.29) is 12.2 Å². The van der Waals surface area contributed by atoms with Gasteiger partial charge >= 0.3 is 5.97 Å². The highest BCUT2D eigenvalue weighted by Gasteiger charge is 2.33. The van der Waals surface area contributed by atoms with Crippen LogP contribution in [0.1, 0.15) is 82.3 Å². The summed E-state index contributed by atoms with van der Waals surface area (Å²) in [6.07, 6.45) is 10.4. The Morgan fingerprint density at radius 1 is 1.00 bits per heavy atom. The molecule has 0 amide bonds. The van der Waals surface area contributed by atoms with Crippen molar-refractivity contribution in [2.75, 3.05) is 19.3 Å². The molecule has 1 saturated heterocycles. The summed E-state index contributed by atoms with van der Waals surface area (Å²) in [5, 5.41) is 10.5. The van der Waals surface area contributed by atoms with E-state index in [1.165, 1.54) is 56.9 Å². The molecule has 4 rings (SSSR count). The van der Waals surface area contributed by atoms with Crippen LogP contribution in [0.2, 0.25) is 0 Å². The molecular weight excluding hydrogens is 440 g/mol. The van der Waals surface area contributed by atoms with Gasteiger partial charge in [-0.15, -0.1) is 11.8 Å². The van der Waals surface area contributed by atoms with Crippen molar-refractivity contribution in [3.05, 3.63) is 46.0 Å². The lowest BCUT2D eigenvalue weighted by atomic mass is 9.77. The standard InChI is InChI=1S/C29H40N2O2S/c1-20-4-10-23(11-5-20)24-14-8-22(9-15-24)18-33-29(32)27(16-30)28-31(3)17-26(19-34-28)25-12-6-21(2)7-13-25/h8-9,14-15,20-21,23,25-26H,4-7,10-13,17-19H2,1-3H3/b28-27+. The summed E-state index contributed by atoms with van der Waals surface area (Å²) < 4.78 is 5.58. The van der Waals surface area contributed by atoms with Crippen molar-refractivity contribution in [1.82, 2.24) is 4.90 Å². The zero-order valence-electron chi connectivity index (χ0n) is 21.1. The number of hydrogen-bond donors (Lipinski definition) is 0. The van der Waals surface area contributed by atoms with Gasteiger partial charge in [0.05, 0.1) is 5.03 Å². The van der Waals surface area contributed by atoms with Gasteiger partial charge in [-0.2, -0.15) is 5.26 Å². The number of nitrogens with zero attached hydrogens (tertiary/aromatic N) is 2. The van der Waals surface area contributed by atoms with Crippen LogP contribution in [-0.4, -0.2) is 30.2 Å². The van der Waals surface area contributed by atoms with Gasteiger partial charge in [0.1, 0.15) is 12.7 Å². The summed E-state index contributed by atoms with van der Waals surface area (Å²) in [5.41, 5.74) is 2.51. The molecule has 3 fully saturated rings. The first-order valence-corrected chi connectivity index (χ1v) is 14.2. The van der Waals surface area contributed by atoms with Crippen molar-refractivity contribution in [1.29, 1.82) is 5.26 Å². The second-order valence-electron chi connectivity index (χ2n) is 11.0. The minimum Gasteiger partial charge on any atom is -0.457 e. The summed E-state index contributed by atoms with van der Waals surface area (Å²) in [5.74, 6) is 4.24. The first-order valence-electron chi connectivity index (χ1n) is 13.2. The number of hydrogen-bond acceptors (Lipinski definition) is 5. The van der Waals surface area contributed by atoms with E-state index in [9.17, 15) is 10.1 Å². The van der Waals surface area contributed by atoms with E-state index >= 15 is 0 Å². The Hall–Kier alpha value is -1.93. The van der Waals surface area contributed by atoms with Crippen molar-refractivity contribution in [2.45, 2.75) is 77.7 Å². The van der Waals surface area contributed by atoms with E-state index in [0.717, 1.165) is 40.6 Å². The zero-order chi connectivity index (χ0) is 24.1. The smallest absolute Gasteiger partial charge is 0.351 e. The molecule has 2 aliphatic carbocycles. The average Bonchev–Trinajstić information content (AvgIpc) is 2.85. The Morgan fingerprint density at radius 3 is 2.21 bits per heavy atom. The molecule has 0 spiro atoms. The number of carbonyl (C=O) groups excluding carboxylic acids is 1. The molecule has 0 bridgehead atoms. The van der Waals surface area contributed by atoms with Crippen LogP contribution < -0.4 is 0 Å². The van der Waals surface area contributed by atoms with Crippen molar-refractivity contribution >= 4 is 17.7 Å². The molecule has 4 nitrogen and oxygen atoms in total. The predicted octanol–water partition coefficient (Wildman–Crippen LogP) is 6.88. The summed E-state index contributed by atoms with van der Waals surface area (Å²) in [6.45, 7) is 5.82. The maximum absolute atomic E-state index is 12.8. The Labute approximate surface area is 210 Å². The number of benzene rings is 1. The second kappa shape index (κ2) is 11.7. The van der Waals surface area contributed by atoms with Gasteiger partial charge in [-0.05, 0) is 66.4 Å². The lowest BCUT2D eigenvalue weighted by Gasteiger charge is -2.39. The summed E-state index contributed by atoms with van der Waals surface area (Å²) >= 11 is 1.66. The van der Waals surface area contributed by atoms with Crippen LogP contribution in [0.15, 0.2) is 34.9 Å². The van der Waals surface area contributed by atoms with Gasteiger partial charge in [0.2, 0.25) is 0 Å². The summed E-state index contributed by atoms with van der Waals surface area (Å²) in [7, 11) is 2.01. The number of esters is 1. The van der Waals surface area contributed by atoms with Crippen LogP contribution in [-0.2, 0) is 16.1 Å². The van der Waals surface area contributed by atoms with Crippen LogP contribution >= 0.6 is 11.8 Å². The quantitative estimate of drug-likeness (QED) is 0.261. The highest BCUT2D eigenvalue weighted by Crippen LogP contribution is 2.40. The fourth-order valence-electron chi connectivity index (χ4n) is 5.97. The lowest BCUT2D eigenvalue weighted by Crippen LogP contribution is -2.37. The van der Waals surface area contributed by atoms with Crippen LogP contribution in [0.25, 0.3) is 0 Å². The van der Waals surface area contributed by atoms with Gasteiger partial charge in [-0.25, -0.2) is 4.79 Å². The van der Waals surface area contributed by atoms with Gasteiger partial charge in [0.15, 0.2) is 5.57 Å². The van der Waals surface area contributed by atoms with Crippen LogP contribution in [0.4, 0.5) is 0 Å². The minimum absolute atomic E-state index is 0.149. The normalized spacial score (nSPS) is 31.5. The number of thioether (sulfide) groups is 1. The SMILES string of the molecule is CC1CCC(c2ccc(COC(=O)/C(C#N)=C3/SCC(C4CCC(C)CC4)CN3C)cc2)CC1. The van der Waals surface area contributed by atoms with Crippen LogP contribution in [0.3, 0.4) is 0 Å². The molecule has 0 N–H and O–H groups in total. The molecule has 34 heavy (non-hydrogen) atoms. The number of nitriles is 1. The van der Waals surface area contributed by atoms with E-state index in [1.807, 2.05) is 7.05 Å². The second-order valence-corrected chi connectivity index (χ2v) is 12.0. The molecule has 5 heteroatoms. The Balaban J connectivity index is 1.31. The van der Waals surface area contributed by atoms with Gasteiger partial charge in [0, 0.05) is 19.3 Å². The molecule has 1 aliphatic heterocycles. The van der Waals surface area contributed by atoms with E-state index in [4.69, 9.17) is 4.74 Å². The molecular formula is C29H40N2O2S. The molecule has 184 valence electrons. The molecule has 1 heterocycles. The third-order valence-corrected chi connectivity index (χ3v) is 9.77. The van der Waals surface area contributed by atoms with Crippen molar-refractivity contribution in [2.24, 2.45) is 23.7 Å². The predicted molar refractivity (Wildman–Crippen MR) is 139 cm³/mol. The fourth-order valence-corrected chi connectivity index (χ4v) is 7.29. The first-order chi connectivity index (χ1) is 16.4. The summed E-state index contributed by atoms with van der Waals surface area (Å²) in [4.78, 5) is 14.9. The van der Waals surface area contributed by atoms with Crippen molar-refractivity contribution in [3.63, 3.8) is 0 Å². The van der Waals surface area contributed by atoms with Gasteiger partial charge in [0.25, 0.3) is 0 Å². The first kappa shape index (κ1) is 25.2. The van der Waals surface area contributed by atoms with E-state index in [0.29, 0.717) is 11.8 Å². The molecule has 1 aromatic rings. The highest BCUT2D eigenvalue weighted by atomic mass is 32.2. The Morgan fingerprint density at radius 2 is 1.62 bits per heavy atom. The molecule has 1 aromatic carbocycles. The average molecular weight is 481 g/mol. The Kier molecular flexibility index (Phi) is 8.64. The lowest BCUT2D eigenvalue weighted by molar-refractivity contribution is -0.139. The monoisotopic (exact) mass is 480 g/mol.